The van der Waals surface area contributed by atoms with Crippen LogP contribution in [0, 0.1) is 0 Å². The molecule has 0 saturated heterocycles. The highest BCUT2D eigenvalue weighted by molar-refractivity contribution is 6.28. The van der Waals surface area contributed by atoms with Gasteiger partial charge >= 0.3 is 6.01 Å². The standard InChI is InChI=1S/C14H17ClN4O/c1-3-9-20-14-18-12(15)17-13(19-14)16-11-7-5-10(4-2)6-8-11/h5-8H,3-4,9H2,1-2H3,(H,16,17,18,19). The van der Waals surface area contributed by atoms with Crippen LogP contribution in [0.25, 0.3) is 0 Å². The minimum Gasteiger partial charge on any atom is -0.463 e. The van der Waals surface area contributed by atoms with Crippen LogP contribution < -0.4 is 10.1 Å². The normalized spacial score (nSPS) is 10.3. The number of anilines is 2. The van der Waals surface area contributed by atoms with Crippen LogP contribution in [0.1, 0.15) is 25.8 Å². The number of aryl methyl sites for hydroxylation is 1. The Morgan fingerprint density at radius 2 is 1.85 bits per heavy atom. The molecular weight excluding hydrogens is 276 g/mol. The zero-order valence-electron chi connectivity index (χ0n) is 11.6. The Bertz CT molecular complexity index is 560. The minimum atomic E-state index is 0.110. The second-order valence-corrected chi connectivity index (χ2v) is 4.57. The monoisotopic (exact) mass is 292 g/mol. The van der Waals surface area contributed by atoms with Crippen LogP contribution in [-0.4, -0.2) is 21.6 Å². The van der Waals surface area contributed by atoms with Gasteiger partial charge in [0.1, 0.15) is 0 Å². The largest absolute Gasteiger partial charge is 0.463 e. The van der Waals surface area contributed by atoms with Crippen molar-refractivity contribution in [2.45, 2.75) is 26.7 Å². The van der Waals surface area contributed by atoms with E-state index in [1.54, 1.807) is 0 Å². The zero-order chi connectivity index (χ0) is 14.4. The van der Waals surface area contributed by atoms with E-state index in [1.165, 1.54) is 5.56 Å². The Balaban J connectivity index is 2.12. The molecule has 1 N–H and O–H groups in total. The number of hydrogen-bond acceptors (Lipinski definition) is 5. The average Bonchev–Trinajstić information content (AvgIpc) is 2.45. The molecule has 0 fully saturated rings. The van der Waals surface area contributed by atoms with Crippen LogP contribution in [0.2, 0.25) is 5.28 Å². The predicted octanol–water partition coefficient (Wildman–Crippen LogP) is 3.62. The summed E-state index contributed by atoms with van der Waals surface area (Å²) in [4.78, 5) is 12.1. The van der Waals surface area contributed by atoms with Crippen molar-refractivity contribution in [1.82, 2.24) is 15.0 Å². The average molecular weight is 293 g/mol. The molecule has 1 aromatic heterocycles. The highest BCUT2D eigenvalue weighted by Gasteiger charge is 2.06. The molecule has 0 amide bonds. The molecule has 2 rings (SSSR count). The lowest BCUT2D eigenvalue weighted by Gasteiger charge is -2.07. The van der Waals surface area contributed by atoms with Gasteiger partial charge in [-0.3, -0.25) is 0 Å². The minimum absolute atomic E-state index is 0.110. The summed E-state index contributed by atoms with van der Waals surface area (Å²) in [5.41, 5.74) is 2.17. The van der Waals surface area contributed by atoms with E-state index in [1.807, 2.05) is 19.1 Å². The SMILES string of the molecule is CCCOc1nc(Cl)nc(Nc2ccc(CC)cc2)n1. The molecule has 2 aromatic rings. The summed E-state index contributed by atoms with van der Waals surface area (Å²) < 4.78 is 5.36. The van der Waals surface area contributed by atoms with E-state index in [9.17, 15) is 0 Å². The highest BCUT2D eigenvalue weighted by Crippen LogP contribution is 2.17. The zero-order valence-corrected chi connectivity index (χ0v) is 12.3. The Morgan fingerprint density at radius 3 is 2.50 bits per heavy atom. The number of rotatable bonds is 6. The van der Waals surface area contributed by atoms with E-state index >= 15 is 0 Å². The van der Waals surface area contributed by atoms with Gasteiger partial charge in [0.25, 0.3) is 0 Å². The number of halogens is 1. The fourth-order valence-corrected chi connectivity index (χ4v) is 1.75. The molecule has 0 unspecified atom stereocenters. The van der Waals surface area contributed by atoms with Gasteiger partial charge in [0.05, 0.1) is 6.61 Å². The maximum atomic E-state index is 5.86. The smallest absolute Gasteiger partial charge is 0.322 e. The number of ether oxygens (including phenoxy) is 1. The second-order valence-electron chi connectivity index (χ2n) is 4.23. The van der Waals surface area contributed by atoms with Gasteiger partial charge in [-0.25, -0.2) is 0 Å². The third-order valence-corrected chi connectivity index (χ3v) is 2.81. The quantitative estimate of drug-likeness (QED) is 0.881. The van der Waals surface area contributed by atoms with Gasteiger partial charge in [0.2, 0.25) is 11.2 Å². The first-order chi connectivity index (χ1) is 9.71. The van der Waals surface area contributed by atoms with Gasteiger partial charge in [0.15, 0.2) is 0 Å². The third-order valence-electron chi connectivity index (χ3n) is 2.64. The van der Waals surface area contributed by atoms with Crippen molar-refractivity contribution in [3.63, 3.8) is 0 Å². The molecule has 5 nitrogen and oxygen atoms in total. The number of aromatic nitrogens is 3. The van der Waals surface area contributed by atoms with E-state index < -0.39 is 0 Å². The third kappa shape index (κ3) is 4.06. The Labute approximate surface area is 123 Å². The van der Waals surface area contributed by atoms with Crippen molar-refractivity contribution >= 4 is 23.2 Å². The summed E-state index contributed by atoms with van der Waals surface area (Å²) in [7, 11) is 0. The maximum Gasteiger partial charge on any atom is 0.322 e. The van der Waals surface area contributed by atoms with Gasteiger partial charge in [-0.1, -0.05) is 26.0 Å². The second kappa shape index (κ2) is 7.05. The topological polar surface area (TPSA) is 59.9 Å². The number of nitrogens with one attached hydrogen (secondary N) is 1. The predicted molar refractivity (Wildman–Crippen MR) is 79.7 cm³/mol. The molecule has 0 spiro atoms. The van der Waals surface area contributed by atoms with Crippen molar-refractivity contribution in [3.8, 4) is 6.01 Å². The Morgan fingerprint density at radius 1 is 1.10 bits per heavy atom. The van der Waals surface area contributed by atoms with Gasteiger partial charge in [0, 0.05) is 5.69 Å². The molecule has 0 aliphatic carbocycles. The summed E-state index contributed by atoms with van der Waals surface area (Å²) in [6.07, 6.45) is 1.89. The fraction of sp³-hybridized carbons (Fsp3) is 0.357. The lowest BCUT2D eigenvalue weighted by atomic mass is 10.1. The molecule has 0 aliphatic heterocycles. The van der Waals surface area contributed by atoms with Crippen molar-refractivity contribution in [2.75, 3.05) is 11.9 Å². The molecule has 0 radical (unpaired) electrons. The van der Waals surface area contributed by atoms with Crippen LogP contribution in [-0.2, 0) is 6.42 Å². The first kappa shape index (κ1) is 14.5. The lowest BCUT2D eigenvalue weighted by Crippen LogP contribution is -2.04. The molecule has 1 aromatic carbocycles. The first-order valence-corrected chi connectivity index (χ1v) is 6.99. The van der Waals surface area contributed by atoms with Crippen LogP contribution in [0.5, 0.6) is 6.01 Å². The molecule has 0 atom stereocenters. The molecule has 20 heavy (non-hydrogen) atoms. The van der Waals surface area contributed by atoms with E-state index in [-0.39, 0.29) is 11.3 Å². The van der Waals surface area contributed by atoms with E-state index in [2.05, 4.69) is 39.3 Å². The summed E-state index contributed by atoms with van der Waals surface area (Å²) in [6, 6.07) is 8.30. The molecule has 0 bridgehead atoms. The van der Waals surface area contributed by atoms with Crippen LogP contribution in [0.3, 0.4) is 0 Å². The molecule has 0 saturated carbocycles. The van der Waals surface area contributed by atoms with Gasteiger partial charge < -0.3 is 10.1 Å². The van der Waals surface area contributed by atoms with Crippen molar-refractivity contribution in [3.05, 3.63) is 35.1 Å². The van der Waals surface area contributed by atoms with Crippen LogP contribution in [0.4, 0.5) is 11.6 Å². The summed E-state index contributed by atoms with van der Waals surface area (Å²) in [6.45, 7) is 4.67. The van der Waals surface area contributed by atoms with Crippen molar-refractivity contribution in [2.24, 2.45) is 0 Å². The number of hydrogen-bond donors (Lipinski definition) is 1. The van der Waals surface area contributed by atoms with Gasteiger partial charge in [-0.05, 0) is 42.1 Å². The number of nitrogens with zero attached hydrogens (tertiary/aromatic N) is 3. The highest BCUT2D eigenvalue weighted by atomic mass is 35.5. The fourth-order valence-electron chi connectivity index (χ4n) is 1.60. The van der Waals surface area contributed by atoms with Crippen LogP contribution in [0.15, 0.2) is 24.3 Å². The Kier molecular flexibility index (Phi) is 5.12. The maximum absolute atomic E-state index is 5.86. The Hall–Kier alpha value is -1.88. The molecule has 1 heterocycles. The molecule has 0 aliphatic rings. The van der Waals surface area contributed by atoms with Crippen LogP contribution >= 0.6 is 11.6 Å². The van der Waals surface area contributed by atoms with Gasteiger partial charge in [-0.15, -0.1) is 0 Å². The molecule has 106 valence electrons. The first-order valence-electron chi connectivity index (χ1n) is 6.61. The summed E-state index contributed by atoms with van der Waals surface area (Å²) >= 11 is 5.86. The van der Waals surface area contributed by atoms with Gasteiger partial charge in [-0.2, -0.15) is 15.0 Å². The molecular formula is C14H17ClN4O. The number of benzene rings is 1. The van der Waals surface area contributed by atoms with E-state index in [4.69, 9.17) is 16.3 Å². The lowest BCUT2D eigenvalue weighted by molar-refractivity contribution is 0.292. The van der Waals surface area contributed by atoms with E-state index in [0.717, 1.165) is 18.5 Å². The van der Waals surface area contributed by atoms with Crippen molar-refractivity contribution in [1.29, 1.82) is 0 Å². The van der Waals surface area contributed by atoms with E-state index in [0.29, 0.717) is 12.6 Å². The van der Waals surface area contributed by atoms with Crippen molar-refractivity contribution < 1.29 is 4.74 Å². The summed E-state index contributed by atoms with van der Waals surface area (Å²) in [5, 5.41) is 3.20. The molecule has 6 heteroatoms. The summed E-state index contributed by atoms with van der Waals surface area (Å²) in [5.74, 6) is 0.375.